The highest BCUT2D eigenvalue weighted by Crippen LogP contribution is 2.28. The van der Waals surface area contributed by atoms with Crippen molar-refractivity contribution in [1.82, 2.24) is 14.8 Å². The molecule has 0 aliphatic carbocycles. The first-order valence-corrected chi connectivity index (χ1v) is 11.2. The Morgan fingerprint density at radius 3 is 3.00 bits per heavy atom. The number of aromatic nitrogens is 3. The number of hydrogen-bond acceptors (Lipinski definition) is 6. The van der Waals surface area contributed by atoms with E-state index >= 15 is 0 Å². The third kappa shape index (κ3) is 5.03. The number of furan rings is 1. The molecule has 1 aliphatic heterocycles. The molecule has 1 aromatic carbocycles. The van der Waals surface area contributed by atoms with E-state index in [2.05, 4.69) is 31.4 Å². The lowest BCUT2D eigenvalue weighted by Crippen LogP contribution is -2.18. The molecule has 1 fully saturated rings. The van der Waals surface area contributed by atoms with Gasteiger partial charge in [0.2, 0.25) is 11.7 Å². The fourth-order valence-electron chi connectivity index (χ4n) is 3.05. The number of ether oxygens (including phenoxy) is 1. The summed E-state index contributed by atoms with van der Waals surface area (Å²) < 4.78 is 14.1. The van der Waals surface area contributed by atoms with Gasteiger partial charge >= 0.3 is 0 Å². The molecule has 1 amide bonds. The van der Waals surface area contributed by atoms with Crippen molar-refractivity contribution in [3.8, 4) is 11.6 Å². The Bertz CT molecular complexity index is 990. The molecule has 3 aromatic rings. The number of hydrogen-bond donors (Lipinski definition) is 1. The molecular formula is C19H18BrClN4O3S. The Balaban J connectivity index is 1.46. The monoisotopic (exact) mass is 496 g/mol. The van der Waals surface area contributed by atoms with Gasteiger partial charge in [-0.25, -0.2) is 0 Å². The summed E-state index contributed by atoms with van der Waals surface area (Å²) in [6, 6.07) is 8.96. The molecular weight excluding hydrogens is 480 g/mol. The van der Waals surface area contributed by atoms with Gasteiger partial charge in [-0.1, -0.05) is 39.3 Å². The predicted octanol–water partition coefficient (Wildman–Crippen LogP) is 4.86. The second-order valence-electron chi connectivity index (χ2n) is 6.49. The maximum Gasteiger partial charge on any atom is 0.234 e. The lowest BCUT2D eigenvalue weighted by atomic mass is 10.2. The molecule has 1 aliphatic rings. The maximum absolute atomic E-state index is 12.4. The van der Waals surface area contributed by atoms with Gasteiger partial charge in [0.05, 0.1) is 35.4 Å². The number of amides is 1. The van der Waals surface area contributed by atoms with E-state index in [1.165, 1.54) is 11.8 Å². The minimum atomic E-state index is -0.176. The quantitative estimate of drug-likeness (QED) is 0.469. The molecule has 4 rings (SSSR count). The van der Waals surface area contributed by atoms with E-state index < -0.39 is 0 Å². The van der Waals surface area contributed by atoms with Crippen LogP contribution in [0.15, 0.2) is 50.6 Å². The van der Waals surface area contributed by atoms with Gasteiger partial charge in [-0.05, 0) is 43.2 Å². The van der Waals surface area contributed by atoms with Gasteiger partial charge in [0, 0.05) is 11.1 Å². The zero-order valence-corrected chi connectivity index (χ0v) is 18.5. The van der Waals surface area contributed by atoms with Crippen LogP contribution < -0.4 is 5.32 Å². The highest BCUT2D eigenvalue weighted by molar-refractivity contribution is 9.10. The van der Waals surface area contributed by atoms with Gasteiger partial charge in [-0.2, -0.15) is 0 Å². The number of anilines is 1. The first-order chi connectivity index (χ1) is 14.1. The molecule has 0 radical (unpaired) electrons. The largest absolute Gasteiger partial charge is 0.461 e. The van der Waals surface area contributed by atoms with Gasteiger partial charge in [0.1, 0.15) is 0 Å². The average molecular weight is 498 g/mol. The summed E-state index contributed by atoms with van der Waals surface area (Å²) in [7, 11) is 0. The smallest absolute Gasteiger partial charge is 0.234 e. The van der Waals surface area contributed by atoms with E-state index in [9.17, 15) is 4.79 Å². The number of benzene rings is 1. The summed E-state index contributed by atoms with van der Waals surface area (Å²) in [6.07, 6.45) is 3.74. The second kappa shape index (κ2) is 9.34. The highest BCUT2D eigenvalue weighted by Gasteiger charge is 2.23. The van der Waals surface area contributed by atoms with Crippen LogP contribution in [-0.2, 0) is 16.1 Å². The number of carbonyl (C=O) groups is 1. The summed E-state index contributed by atoms with van der Waals surface area (Å²) in [5.74, 6) is 1.26. The van der Waals surface area contributed by atoms with Crippen LogP contribution in [0.4, 0.5) is 5.69 Å². The maximum atomic E-state index is 12.4. The minimum absolute atomic E-state index is 0.106. The normalized spacial score (nSPS) is 16.3. The van der Waals surface area contributed by atoms with Crippen LogP contribution in [0.1, 0.15) is 12.8 Å². The molecule has 3 heterocycles. The molecule has 0 saturated carbocycles. The standard InChI is InChI=1S/C19H18BrClN4O3S/c20-12-5-6-15(14(21)9-12)22-17(26)11-29-19-24-23-18(16-4-2-8-28-16)25(19)10-13-3-1-7-27-13/h2,4-6,8-9,13H,1,3,7,10-11H2,(H,22,26). The Labute approximate surface area is 185 Å². The minimum Gasteiger partial charge on any atom is -0.461 e. The van der Waals surface area contributed by atoms with Crippen LogP contribution in [0.3, 0.4) is 0 Å². The summed E-state index contributed by atoms with van der Waals surface area (Å²) >= 11 is 10.8. The van der Waals surface area contributed by atoms with E-state index in [0.717, 1.165) is 23.9 Å². The van der Waals surface area contributed by atoms with Crippen molar-refractivity contribution in [3.05, 3.63) is 46.1 Å². The van der Waals surface area contributed by atoms with Crippen molar-refractivity contribution >= 4 is 50.9 Å². The summed E-state index contributed by atoms with van der Waals surface area (Å²) in [5, 5.41) is 12.5. The highest BCUT2D eigenvalue weighted by atomic mass is 79.9. The summed E-state index contributed by atoms with van der Waals surface area (Å²) in [5.41, 5.74) is 0.567. The number of nitrogens with one attached hydrogen (secondary N) is 1. The van der Waals surface area contributed by atoms with Crippen LogP contribution in [-0.4, -0.2) is 39.1 Å². The molecule has 10 heteroatoms. The molecule has 2 aromatic heterocycles. The molecule has 0 bridgehead atoms. The van der Waals surface area contributed by atoms with Crippen LogP contribution in [0.2, 0.25) is 5.02 Å². The Morgan fingerprint density at radius 2 is 2.28 bits per heavy atom. The first kappa shape index (κ1) is 20.5. The van der Waals surface area contributed by atoms with Crippen molar-refractivity contribution < 1.29 is 13.9 Å². The van der Waals surface area contributed by atoms with Crippen LogP contribution in [0.5, 0.6) is 0 Å². The molecule has 0 spiro atoms. The van der Waals surface area contributed by atoms with E-state index in [1.807, 2.05) is 22.8 Å². The van der Waals surface area contributed by atoms with E-state index in [4.69, 9.17) is 20.8 Å². The van der Waals surface area contributed by atoms with Crippen molar-refractivity contribution in [1.29, 1.82) is 0 Å². The van der Waals surface area contributed by atoms with Gasteiger partial charge in [0.25, 0.3) is 0 Å². The number of rotatable bonds is 7. The van der Waals surface area contributed by atoms with E-state index in [0.29, 0.717) is 34.0 Å². The first-order valence-electron chi connectivity index (χ1n) is 9.06. The summed E-state index contributed by atoms with van der Waals surface area (Å²) in [6.45, 7) is 1.38. The third-order valence-corrected chi connectivity index (χ3v) is 6.18. The van der Waals surface area contributed by atoms with Crippen LogP contribution in [0.25, 0.3) is 11.6 Å². The number of carbonyl (C=O) groups excluding carboxylic acids is 1. The van der Waals surface area contributed by atoms with E-state index in [1.54, 1.807) is 18.4 Å². The van der Waals surface area contributed by atoms with Gasteiger partial charge in [-0.15, -0.1) is 10.2 Å². The molecule has 29 heavy (non-hydrogen) atoms. The van der Waals surface area contributed by atoms with Gasteiger partial charge < -0.3 is 14.5 Å². The Morgan fingerprint density at radius 1 is 1.38 bits per heavy atom. The molecule has 152 valence electrons. The Hall–Kier alpha value is -1.81. The van der Waals surface area contributed by atoms with Crippen molar-refractivity contribution in [2.45, 2.75) is 30.6 Å². The van der Waals surface area contributed by atoms with Crippen molar-refractivity contribution in [2.75, 3.05) is 17.7 Å². The van der Waals surface area contributed by atoms with Crippen LogP contribution >= 0.6 is 39.3 Å². The lowest BCUT2D eigenvalue weighted by molar-refractivity contribution is -0.113. The van der Waals surface area contributed by atoms with Gasteiger partial charge in [0.15, 0.2) is 10.9 Å². The van der Waals surface area contributed by atoms with E-state index in [-0.39, 0.29) is 17.8 Å². The molecule has 1 saturated heterocycles. The fourth-order valence-corrected chi connectivity index (χ4v) is 4.52. The Kier molecular flexibility index (Phi) is 6.59. The van der Waals surface area contributed by atoms with Gasteiger partial charge in [-0.3, -0.25) is 9.36 Å². The SMILES string of the molecule is O=C(CSc1nnc(-c2ccco2)n1CC1CCCO1)Nc1ccc(Br)cc1Cl. The topological polar surface area (TPSA) is 82.2 Å². The van der Waals surface area contributed by atoms with Crippen molar-refractivity contribution in [2.24, 2.45) is 0 Å². The fraction of sp³-hybridized carbons (Fsp3) is 0.316. The summed E-state index contributed by atoms with van der Waals surface area (Å²) in [4.78, 5) is 12.4. The lowest BCUT2D eigenvalue weighted by Gasteiger charge is -2.14. The molecule has 1 N–H and O–H groups in total. The second-order valence-corrected chi connectivity index (χ2v) is 8.76. The third-order valence-electron chi connectivity index (χ3n) is 4.41. The zero-order valence-electron chi connectivity index (χ0n) is 15.3. The number of halogens is 2. The zero-order chi connectivity index (χ0) is 20.2. The molecule has 1 atom stereocenters. The van der Waals surface area contributed by atoms with Crippen molar-refractivity contribution in [3.63, 3.8) is 0 Å². The predicted molar refractivity (Wildman–Crippen MR) is 115 cm³/mol. The number of thioether (sulfide) groups is 1. The van der Waals surface area contributed by atoms with Crippen LogP contribution in [0, 0.1) is 0 Å². The molecule has 7 nitrogen and oxygen atoms in total. The molecule has 1 unspecified atom stereocenters. The average Bonchev–Trinajstić information content (AvgIpc) is 3.45. The number of nitrogens with zero attached hydrogens (tertiary/aromatic N) is 3.